The van der Waals surface area contributed by atoms with Gasteiger partial charge in [-0.25, -0.2) is 17.5 Å². The fourth-order valence-electron chi connectivity index (χ4n) is 1.68. The van der Waals surface area contributed by atoms with Gasteiger partial charge >= 0.3 is 0 Å². The van der Waals surface area contributed by atoms with E-state index >= 15 is 0 Å². The molecule has 1 aromatic heterocycles. The number of thiophene rings is 1. The van der Waals surface area contributed by atoms with Crippen LogP contribution in [0.2, 0.25) is 5.02 Å². The van der Waals surface area contributed by atoms with E-state index in [1.54, 1.807) is 16.8 Å². The highest BCUT2D eigenvalue weighted by atomic mass is 35.5. The molecule has 1 heterocycles. The fraction of sp³-hybridized carbons (Fsp3) is 0.231. The number of hydrogen-bond donors (Lipinski definition) is 2. The third kappa shape index (κ3) is 3.81. The molecule has 0 unspecified atom stereocenters. The van der Waals surface area contributed by atoms with Crippen molar-refractivity contribution >= 4 is 33.0 Å². The Morgan fingerprint density at radius 3 is 2.71 bits per heavy atom. The smallest absolute Gasteiger partial charge is 0.242 e. The number of sulfonamides is 1. The normalized spacial score (nSPS) is 14.9. The molecular formula is C13H13ClFNO3S2. The monoisotopic (exact) mass is 349 g/mol. The van der Waals surface area contributed by atoms with Crippen molar-refractivity contribution in [3.8, 4) is 0 Å². The first-order valence-corrected chi connectivity index (χ1v) is 8.72. The minimum Gasteiger partial charge on any atom is -0.384 e. The first-order valence-electron chi connectivity index (χ1n) is 5.92. The van der Waals surface area contributed by atoms with Crippen molar-refractivity contribution in [3.63, 3.8) is 0 Å². The first kappa shape index (κ1) is 16.4. The molecule has 1 atom stereocenters. The molecule has 0 spiro atoms. The largest absolute Gasteiger partial charge is 0.384 e. The summed E-state index contributed by atoms with van der Waals surface area (Å²) >= 11 is 7.14. The first-order chi connectivity index (χ1) is 9.72. The van der Waals surface area contributed by atoms with Gasteiger partial charge in [-0.2, -0.15) is 11.3 Å². The highest BCUT2D eigenvalue weighted by Crippen LogP contribution is 2.25. The van der Waals surface area contributed by atoms with Crippen LogP contribution >= 0.6 is 22.9 Å². The van der Waals surface area contributed by atoms with E-state index in [1.165, 1.54) is 18.3 Å². The quantitative estimate of drug-likeness (QED) is 0.872. The van der Waals surface area contributed by atoms with Crippen LogP contribution < -0.4 is 4.72 Å². The summed E-state index contributed by atoms with van der Waals surface area (Å²) in [5.74, 6) is -0.621. The SMILES string of the molecule is C[C@](O)(CNS(=O)(=O)c1ccc(F)cc1Cl)c1ccsc1. The highest BCUT2D eigenvalue weighted by molar-refractivity contribution is 7.89. The Morgan fingerprint density at radius 2 is 2.14 bits per heavy atom. The maximum Gasteiger partial charge on any atom is 0.242 e. The van der Waals surface area contributed by atoms with E-state index in [0.717, 1.165) is 18.2 Å². The Labute approximate surface area is 131 Å². The molecule has 8 heteroatoms. The second-order valence-electron chi connectivity index (χ2n) is 4.69. The number of aliphatic hydroxyl groups is 1. The van der Waals surface area contributed by atoms with Crippen LogP contribution in [0.4, 0.5) is 4.39 Å². The van der Waals surface area contributed by atoms with E-state index in [9.17, 15) is 17.9 Å². The van der Waals surface area contributed by atoms with E-state index in [4.69, 9.17) is 11.6 Å². The van der Waals surface area contributed by atoms with Gasteiger partial charge in [0, 0.05) is 6.54 Å². The average molecular weight is 350 g/mol. The minimum absolute atomic E-state index is 0.210. The maximum absolute atomic E-state index is 13.0. The third-order valence-corrected chi connectivity index (χ3v) is 5.50. The summed E-state index contributed by atoms with van der Waals surface area (Å²) in [5, 5.41) is 13.6. The number of benzene rings is 1. The van der Waals surface area contributed by atoms with Crippen LogP contribution in [0.5, 0.6) is 0 Å². The molecule has 4 nitrogen and oxygen atoms in total. The predicted octanol–water partition coefficient (Wildman–Crippen LogP) is 2.73. The molecule has 2 rings (SSSR count). The van der Waals surface area contributed by atoms with Crippen LogP contribution in [0.1, 0.15) is 12.5 Å². The van der Waals surface area contributed by atoms with Gasteiger partial charge in [0.05, 0.1) is 5.02 Å². The van der Waals surface area contributed by atoms with Gasteiger partial charge in [-0.05, 0) is 47.5 Å². The van der Waals surface area contributed by atoms with E-state index < -0.39 is 21.4 Å². The predicted molar refractivity (Wildman–Crippen MR) is 80.5 cm³/mol. The molecular weight excluding hydrogens is 337 g/mol. The number of hydrogen-bond acceptors (Lipinski definition) is 4. The molecule has 0 radical (unpaired) electrons. The van der Waals surface area contributed by atoms with E-state index in [2.05, 4.69) is 4.72 Å². The molecule has 2 aromatic rings. The molecule has 0 saturated heterocycles. The van der Waals surface area contributed by atoms with Crippen LogP contribution in [-0.4, -0.2) is 20.1 Å². The number of rotatable bonds is 5. The van der Waals surface area contributed by atoms with Crippen molar-refractivity contribution in [2.24, 2.45) is 0 Å². The van der Waals surface area contributed by atoms with Gasteiger partial charge in [0.2, 0.25) is 10.0 Å². The van der Waals surface area contributed by atoms with Crippen molar-refractivity contribution in [1.82, 2.24) is 4.72 Å². The lowest BCUT2D eigenvalue weighted by Crippen LogP contribution is -2.38. The molecule has 0 aliphatic carbocycles. The Kier molecular flexibility index (Phi) is 4.69. The summed E-state index contributed by atoms with van der Waals surface area (Å²) in [4.78, 5) is -0.230. The molecule has 0 aliphatic rings. The van der Waals surface area contributed by atoms with Gasteiger partial charge in [0.15, 0.2) is 0 Å². The fourth-order valence-corrected chi connectivity index (χ4v) is 4.12. The Morgan fingerprint density at radius 1 is 1.43 bits per heavy atom. The second kappa shape index (κ2) is 6.02. The third-order valence-electron chi connectivity index (χ3n) is 2.93. The van der Waals surface area contributed by atoms with Gasteiger partial charge in [0.1, 0.15) is 16.3 Å². The molecule has 0 fully saturated rings. The minimum atomic E-state index is -3.94. The van der Waals surface area contributed by atoms with Gasteiger partial charge in [0.25, 0.3) is 0 Å². The molecule has 0 saturated carbocycles. The van der Waals surface area contributed by atoms with E-state index in [1.807, 2.05) is 0 Å². The van der Waals surface area contributed by atoms with Crippen LogP contribution in [0.15, 0.2) is 39.9 Å². The summed E-state index contributed by atoms with van der Waals surface area (Å²) in [5.41, 5.74) is -0.736. The van der Waals surface area contributed by atoms with Gasteiger partial charge in [-0.3, -0.25) is 0 Å². The van der Waals surface area contributed by atoms with Crippen LogP contribution in [0, 0.1) is 5.82 Å². The molecule has 0 bridgehead atoms. The van der Waals surface area contributed by atoms with Crippen molar-refractivity contribution in [2.45, 2.75) is 17.4 Å². The zero-order valence-corrected chi connectivity index (χ0v) is 13.4. The van der Waals surface area contributed by atoms with Gasteiger partial charge in [-0.1, -0.05) is 11.6 Å². The summed E-state index contributed by atoms with van der Waals surface area (Å²) in [6.45, 7) is 1.28. The van der Waals surface area contributed by atoms with Gasteiger partial charge in [-0.15, -0.1) is 0 Å². The van der Waals surface area contributed by atoms with Crippen molar-refractivity contribution < 1.29 is 17.9 Å². The molecule has 2 N–H and O–H groups in total. The summed E-state index contributed by atoms with van der Waals surface area (Å²) < 4.78 is 39.6. The Bertz CT molecular complexity index is 730. The summed E-state index contributed by atoms with van der Waals surface area (Å²) in [7, 11) is -3.94. The summed E-state index contributed by atoms with van der Waals surface area (Å²) in [6.07, 6.45) is 0. The molecule has 0 amide bonds. The number of nitrogens with one attached hydrogen (secondary N) is 1. The lowest BCUT2D eigenvalue weighted by Gasteiger charge is -2.22. The summed E-state index contributed by atoms with van der Waals surface area (Å²) in [6, 6.07) is 4.73. The highest BCUT2D eigenvalue weighted by Gasteiger charge is 2.27. The van der Waals surface area contributed by atoms with Crippen LogP contribution in [0.3, 0.4) is 0 Å². The molecule has 114 valence electrons. The van der Waals surface area contributed by atoms with Crippen molar-refractivity contribution in [3.05, 3.63) is 51.4 Å². The lowest BCUT2D eigenvalue weighted by atomic mass is 10.0. The Balaban J connectivity index is 2.19. The second-order valence-corrected chi connectivity index (χ2v) is 7.61. The van der Waals surface area contributed by atoms with Gasteiger partial charge < -0.3 is 5.11 Å². The topological polar surface area (TPSA) is 66.4 Å². The zero-order chi connectivity index (χ0) is 15.7. The zero-order valence-electron chi connectivity index (χ0n) is 11.0. The standard InChI is InChI=1S/C13H13ClFNO3S2/c1-13(17,9-4-5-20-7-9)8-16-21(18,19)12-3-2-10(15)6-11(12)14/h2-7,16-17H,8H2,1H3/t13-/m0/s1. The average Bonchev–Trinajstić information content (AvgIpc) is 2.91. The van der Waals surface area contributed by atoms with E-state index in [-0.39, 0.29) is 16.5 Å². The maximum atomic E-state index is 13.0. The lowest BCUT2D eigenvalue weighted by molar-refractivity contribution is 0.0632. The van der Waals surface area contributed by atoms with E-state index in [0.29, 0.717) is 5.56 Å². The molecule has 0 aliphatic heterocycles. The Hall–Kier alpha value is -0.990. The number of halogens is 2. The van der Waals surface area contributed by atoms with Crippen LogP contribution in [-0.2, 0) is 15.6 Å². The van der Waals surface area contributed by atoms with Crippen LogP contribution in [0.25, 0.3) is 0 Å². The molecule has 1 aromatic carbocycles. The van der Waals surface area contributed by atoms with Crippen molar-refractivity contribution in [1.29, 1.82) is 0 Å². The molecule has 21 heavy (non-hydrogen) atoms. The van der Waals surface area contributed by atoms with Crippen molar-refractivity contribution in [2.75, 3.05) is 6.54 Å².